The lowest BCUT2D eigenvalue weighted by molar-refractivity contribution is 0.101. The zero-order chi connectivity index (χ0) is 19.4. The fraction of sp³-hybridized carbons (Fsp3) is 0.286. The molecule has 27 heavy (non-hydrogen) atoms. The minimum absolute atomic E-state index is 0.0375. The molecular weight excluding hydrogens is 360 g/mol. The molecule has 6 heteroatoms. The van der Waals surface area contributed by atoms with Crippen LogP contribution in [0.15, 0.2) is 47.5 Å². The Balaban J connectivity index is 1.90. The third-order valence-corrected chi connectivity index (χ3v) is 5.14. The molecule has 140 valence electrons. The van der Waals surface area contributed by atoms with Crippen LogP contribution in [-0.4, -0.2) is 35.7 Å². The van der Waals surface area contributed by atoms with Gasteiger partial charge in [-0.1, -0.05) is 43.8 Å². The molecule has 1 heterocycles. The molecule has 3 rings (SSSR count). The standard InChI is InChI=1S/C21H22N2O3S/c1-13(2)20-22-17-8-6-5-7-15(17)21(23-20)27-12-18(24)16-11-14(25-3)9-10-19(16)26-4/h5-11,13H,12H2,1-4H3. The van der Waals surface area contributed by atoms with E-state index in [0.29, 0.717) is 17.1 Å². The van der Waals surface area contributed by atoms with E-state index >= 15 is 0 Å². The summed E-state index contributed by atoms with van der Waals surface area (Å²) < 4.78 is 10.6. The van der Waals surface area contributed by atoms with Crippen LogP contribution >= 0.6 is 11.8 Å². The van der Waals surface area contributed by atoms with Crippen molar-refractivity contribution < 1.29 is 14.3 Å². The van der Waals surface area contributed by atoms with Crippen molar-refractivity contribution in [2.45, 2.75) is 24.8 Å². The Bertz CT molecular complexity index is 973. The van der Waals surface area contributed by atoms with Gasteiger partial charge in [-0.15, -0.1) is 0 Å². The van der Waals surface area contributed by atoms with Gasteiger partial charge in [-0.3, -0.25) is 4.79 Å². The van der Waals surface area contributed by atoms with Crippen LogP contribution in [0.3, 0.4) is 0 Å². The SMILES string of the molecule is COc1ccc(OC)c(C(=O)CSc2nc(C(C)C)nc3ccccc23)c1. The van der Waals surface area contributed by atoms with E-state index in [1.165, 1.54) is 11.8 Å². The number of ketones is 1. The van der Waals surface area contributed by atoms with Gasteiger partial charge in [-0.2, -0.15) is 0 Å². The summed E-state index contributed by atoms with van der Waals surface area (Å²) in [5.41, 5.74) is 1.40. The summed E-state index contributed by atoms with van der Waals surface area (Å²) in [6, 6.07) is 13.1. The molecule has 0 unspecified atom stereocenters. The summed E-state index contributed by atoms with van der Waals surface area (Å²) in [7, 11) is 3.13. The van der Waals surface area contributed by atoms with E-state index in [4.69, 9.17) is 9.47 Å². The molecular formula is C21H22N2O3S. The molecule has 0 saturated carbocycles. The van der Waals surface area contributed by atoms with Crippen molar-refractivity contribution in [3.8, 4) is 11.5 Å². The molecule has 0 amide bonds. The second-order valence-corrected chi connectivity index (χ2v) is 7.30. The van der Waals surface area contributed by atoms with Gasteiger partial charge in [0.1, 0.15) is 22.3 Å². The van der Waals surface area contributed by atoms with Crippen LogP contribution in [0.1, 0.15) is 35.9 Å². The molecule has 0 saturated heterocycles. The Morgan fingerprint density at radius 2 is 1.85 bits per heavy atom. The number of hydrogen-bond donors (Lipinski definition) is 0. The number of ether oxygens (including phenoxy) is 2. The van der Waals surface area contributed by atoms with Crippen molar-refractivity contribution >= 4 is 28.4 Å². The maximum atomic E-state index is 12.8. The Kier molecular flexibility index (Phi) is 5.96. The first-order valence-corrected chi connectivity index (χ1v) is 9.66. The second-order valence-electron chi connectivity index (χ2n) is 6.34. The first-order chi connectivity index (χ1) is 13.0. The topological polar surface area (TPSA) is 61.3 Å². The summed E-state index contributed by atoms with van der Waals surface area (Å²) in [4.78, 5) is 22.1. The minimum atomic E-state index is -0.0375. The predicted molar refractivity (Wildman–Crippen MR) is 108 cm³/mol. The van der Waals surface area contributed by atoms with Gasteiger partial charge < -0.3 is 9.47 Å². The van der Waals surface area contributed by atoms with Crippen LogP contribution in [0.2, 0.25) is 0 Å². The van der Waals surface area contributed by atoms with Crippen molar-refractivity contribution in [1.82, 2.24) is 9.97 Å². The fourth-order valence-corrected chi connectivity index (χ4v) is 3.59. The van der Waals surface area contributed by atoms with Crippen LogP contribution in [0, 0.1) is 0 Å². The van der Waals surface area contributed by atoms with Crippen molar-refractivity contribution in [3.05, 3.63) is 53.9 Å². The molecule has 0 bridgehead atoms. The number of nitrogens with zero attached hydrogens (tertiary/aromatic N) is 2. The molecule has 0 aliphatic rings. The zero-order valence-corrected chi connectivity index (χ0v) is 16.7. The summed E-state index contributed by atoms with van der Waals surface area (Å²) >= 11 is 1.42. The average molecular weight is 382 g/mol. The molecule has 0 fully saturated rings. The average Bonchev–Trinajstić information content (AvgIpc) is 2.70. The summed E-state index contributed by atoms with van der Waals surface area (Å²) in [6.45, 7) is 4.12. The monoisotopic (exact) mass is 382 g/mol. The molecule has 0 aliphatic carbocycles. The minimum Gasteiger partial charge on any atom is -0.497 e. The number of thioether (sulfide) groups is 1. The van der Waals surface area contributed by atoms with Crippen LogP contribution in [-0.2, 0) is 0 Å². The summed E-state index contributed by atoms with van der Waals surface area (Å²) in [6.07, 6.45) is 0. The molecule has 1 aromatic heterocycles. The largest absolute Gasteiger partial charge is 0.497 e. The molecule has 0 radical (unpaired) electrons. The van der Waals surface area contributed by atoms with Crippen LogP contribution in [0.5, 0.6) is 11.5 Å². The molecule has 0 N–H and O–H groups in total. The molecule has 5 nitrogen and oxygen atoms in total. The van der Waals surface area contributed by atoms with Crippen LogP contribution in [0.4, 0.5) is 0 Å². The number of fused-ring (bicyclic) bond motifs is 1. The maximum absolute atomic E-state index is 12.8. The Morgan fingerprint density at radius 1 is 1.07 bits per heavy atom. The summed E-state index contributed by atoms with van der Waals surface area (Å²) in [5, 5.41) is 1.77. The van der Waals surface area contributed by atoms with E-state index in [0.717, 1.165) is 21.8 Å². The number of carbonyl (C=O) groups excluding carboxylic acids is 1. The number of aromatic nitrogens is 2. The van der Waals surface area contributed by atoms with Crippen LogP contribution < -0.4 is 9.47 Å². The van der Waals surface area contributed by atoms with Gasteiger partial charge >= 0.3 is 0 Å². The molecule has 3 aromatic rings. The molecule has 2 aromatic carbocycles. The van der Waals surface area contributed by atoms with Gasteiger partial charge in [-0.25, -0.2) is 9.97 Å². The third kappa shape index (κ3) is 4.22. The maximum Gasteiger partial charge on any atom is 0.176 e. The lowest BCUT2D eigenvalue weighted by Gasteiger charge is -2.11. The predicted octanol–water partition coefficient (Wildman–Crippen LogP) is 4.75. The van der Waals surface area contributed by atoms with Crippen molar-refractivity contribution in [2.24, 2.45) is 0 Å². The van der Waals surface area contributed by atoms with E-state index in [-0.39, 0.29) is 17.5 Å². The van der Waals surface area contributed by atoms with Crippen molar-refractivity contribution in [1.29, 1.82) is 0 Å². The highest BCUT2D eigenvalue weighted by molar-refractivity contribution is 8.00. The van der Waals surface area contributed by atoms with E-state index in [2.05, 4.69) is 23.8 Å². The fourth-order valence-electron chi connectivity index (χ4n) is 2.68. The van der Waals surface area contributed by atoms with Gasteiger partial charge in [-0.05, 0) is 24.3 Å². The Labute approximate surface area is 163 Å². The van der Waals surface area contributed by atoms with Gasteiger partial charge in [0, 0.05) is 11.3 Å². The second kappa shape index (κ2) is 8.39. The highest BCUT2D eigenvalue weighted by Crippen LogP contribution is 2.30. The molecule has 0 spiro atoms. The lowest BCUT2D eigenvalue weighted by Crippen LogP contribution is -2.07. The van der Waals surface area contributed by atoms with E-state index in [9.17, 15) is 4.79 Å². The number of rotatable bonds is 7. The van der Waals surface area contributed by atoms with E-state index in [1.54, 1.807) is 32.4 Å². The number of methoxy groups -OCH3 is 2. The van der Waals surface area contributed by atoms with Gasteiger partial charge in [0.2, 0.25) is 0 Å². The highest BCUT2D eigenvalue weighted by Gasteiger charge is 2.16. The summed E-state index contributed by atoms with van der Waals surface area (Å²) in [5.74, 6) is 2.37. The van der Waals surface area contributed by atoms with Gasteiger partial charge in [0.15, 0.2) is 5.78 Å². The normalized spacial score (nSPS) is 11.0. The number of carbonyl (C=O) groups is 1. The number of benzene rings is 2. The number of Topliss-reactive ketones (excluding diaryl/α,β-unsaturated/α-hetero) is 1. The molecule has 0 aliphatic heterocycles. The third-order valence-electron chi connectivity index (χ3n) is 4.15. The van der Waals surface area contributed by atoms with Crippen LogP contribution in [0.25, 0.3) is 10.9 Å². The first kappa shape index (κ1) is 19.2. The quantitative estimate of drug-likeness (QED) is 0.334. The number of hydrogen-bond acceptors (Lipinski definition) is 6. The Morgan fingerprint density at radius 3 is 2.56 bits per heavy atom. The Hall–Kier alpha value is -2.60. The first-order valence-electron chi connectivity index (χ1n) is 8.68. The highest BCUT2D eigenvalue weighted by atomic mass is 32.2. The number of para-hydroxylation sites is 1. The lowest BCUT2D eigenvalue weighted by atomic mass is 10.1. The van der Waals surface area contributed by atoms with Gasteiger partial charge in [0.25, 0.3) is 0 Å². The molecule has 0 atom stereocenters. The van der Waals surface area contributed by atoms with Crippen molar-refractivity contribution in [2.75, 3.05) is 20.0 Å². The van der Waals surface area contributed by atoms with Crippen molar-refractivity contribution in [3.63, 3.8) is 0 Å². The van der Waals surface area contributed by atoms with E-state index in [1.807, 2.05) is 24.3 Å². The van der Waals surface area contributed by atoms with E-state index < -0.39 is 0 Å². The smallest absolute Gasteiger partial charge is 0.176 e. The van der Waals surface area contributed by atoms with Gasteiger partial charge in [0.05, 0.1) is 31.1 Å². The zero-order valence-electron chi connectivity index (χ0n) is 15.9.